The van der Waals surface area contributed by atoms with Crippen LogP contribution in [0.1, 0.15) is 0 Å². The van der Waals surface area contributed by atoms with Crippen molar-refractivity contribution >= 4 is 34.4 Å². The Bertz CT molecular complexity index is 1080. The van der Waals surface area contributed by atoms with Gasteiger partial charge in [0.15, 0.2) is 11.2 Å². The van der Waals surface area contributed by atoms with Gasteiger partial charge in [0.1, 0.15) is 6.54 Å². The number of amides is 1. The summed E-state index contributed by atoms with van der Waals surface area (Å²) in [7, 11) is 4.51. The Morgan fingerprint density at radius 1 is 1.16 bits per heavy atom. The molecule has 0 spiro atoms. The second-order valence-corrected chi connectivity index (χ2v) is 5.97. The Hall–Kier alpha value is -2.87. The van der Waals surface area contributed by atoms with E-state index < -0.39 is 11.2 Å². The van der Waals surface area contributed by atoms with Crippen LogP contribution in [0.15, 0.2) is 39.9 Å². The molecule has 0 radical (unpaired) electrons. The molecule has 0 aliphatic heterocycles. The molecule has 0 saturated heterocycles. The minimum Gasteiger partial charge on any atom is -0.314 e. The molecule has 8 nitrogen and oxygen atoms in total. The second kappa shape index (κ2) is 6.21. The quantitative estimate of drug-likeness (QED) is 0.645. The number of aryl methyl sites for hydroxylation is 1. The molecular weight excluding hydrogens is 346 g/mol. The molecule has 3 rings (SSSR count). The lowest BCUT2D eigenvalue weighted by atomic mass is 10.3. The summed E-state index contributed by atoms with van der Waals surface area (Å²) in [6.07, 6.45) is 0. The van der Waals surface area contributed by atoms with Gasteiger partial charge in [-0.1, -0.05) is 18.2 Å². The number of halogens is 1. The smallest absolute Gasteiger partial charge is 0.314 e. The number of hydrogen-bond donors (Lipinski definition) is 0. The van der Waals surface area contributed by atoms with Crippen molar-refractivity contribution in [3.63, 3.8) is 0 Å². The van der Waals surface area contributed by atoms with Gasteiger partial charge in [-0.15, -0.1) is 0 Å². The van der Waals surface area contributed by atoms with E-state index in [1.807, 2.05) is 18.2 Å². The summed E-state index contributed by atoms with van der Waals surface area (Å²) in [5.74, 6) is -0.263. The Labute approximate surface area is 147 Å². The second-order valence-electron chi connectivity index (χ2n) is 5.63. The lowest BCUT2D eigenvalue weighted by Gasteiger charge is -2.18. The number of carbonyl (C=O) groups excluding carboxylic acids is 1. The van der Waals surface area contributed by atoms with E-state index in [2.05, 4.69) is 4.98 Å². The van der Waals surface area contributed by atoms with Gasteiger partial charge in [0, 0.05) is 26.8 Å². The zero-order valence-corrected chi connectivity index (χ0v) is 14.7. The van der Waals surface area contributed by atoms with Crippen LogP contribution in [0.25, 0.3) is 11.2 Å². The summed E-state index contributed by atoms with van der Waals surface area (Å²) < 4.78 is 3.57. The molecule has 0 aliphatic rings. The number of nitrogens with zero attached hydrogens (tertiary/aromatic N) is 5. The normalized spacial score (nSPS) is 11.0. The van der Waals surface area contributed by atoms with Crippen molar-refractivity contribution in [2.24, 2.45) is 14.1 Å². The third-order valence-electron chi connectivity index (χ3n) is 4.10. The molecule has 2 heterocycles. The van der Waals surface area contributed by atoms with Crippen LogP contribution in [0.4, 0.5) is 5.69 Å². The minimum absolute atomic E-state index is 0.0249. The maximum Gasteiger partial charge on any atom is 0.332 e. The highest BCUT2D eigenvalue weighted by Gasteiger charge is 2.21. The van der Waals surface area contributed by atoms with Crippen LogP contribution in [-0.2, 0) is 25.4 Å². The molecule has 0 N–H and O–H groups in total. The Balaban J connectivity index is 2.08. The number of para-hydroxylation sites is 1. The van der Waals surface area contributed by atoms with Gasteiger partial charge in [-0.05, 0) is 23.7 Å². The lowest BCUT2D eigenvalue weighted by molar-refractivity contribution is -0.118. The molecular formula is C16H16ClN5O3. The first-order chi connectivity index (χ1) is 11.8. The average molecular weight is 362 g/mol. The number of anilines is 1. The highest BCUT2D eigenvalue weighted by molar-refractivity contribution is 6.29. The fourth-order valence-electron chi connectivity index (χ4n) is 2.64. The number of carbonyl (C=O) groups is 1. The Morgan fingerprint density at radius 3 is 2.44 bits per heavy atom. The molecule has 3 aromatic rings. The predicted octanol–water partition coefficient (Wildman–Crippen LogP) is 0.750. The maximum atomic E-state index is 12.6. The van der Waals surface area contributed by atoms with Crippen molar-refractivity contribution in [3.8, 4) is 0 Å². The van der Waals surface area contributed by atoms with E-state index in [-0.39, 0.29) is 28.9 Å². The Kier molecular flexibility index (Phi) is 4.22. The number of benzene rings is 1. The summed E-state index contributed by atoms with van der Waals surface area (Å²) >= 11 is 6.13. The van der Waals surface area contributed by atoms with Gasteiger partial charge in [0.05, 0.1) is 0 Å². The van der Waals surface area contributed by atoms with Crippen molar-refractivity contribution in [3.05, 3.63) is 56.5 Å². The molecule has 9 heteroatoms. The van der Waals surface area contributed by atoms with Gasteiger partial charge in [-0.2, -0.15) is 0 Å². The highest BCUT2D eigenvalue weighted by Crippen LogP contribution is 2.17. The predicted molar refractivity (Wildman–Crippen MR) is 95.1 cm³/mol. The van der Waals surface area contributed by atoms with Gasteiger partial charge in [-0.3, -0.25) is 23.3 Å². The number of imidazole rings is 1. The number of aromatic nitrogens is 4. The summed E-state index contributed by atoms with van der Waals surface area (Å²) in [5, 5.41) is -0.0249. The van der Waals surface area contributed by atoms with Crippen LogP contribution in [0, 0.1) is 0 Å². The molecule has 1 aromatic carbocycles. The Morgan fingerprint density at radius 2 is 1.80 bits per heavy atom. The molecule has 0 atom stereocenters. The molecule has 1 amide bonds. The molecule has 2 aromatic heterocycles. The number of likely N-dealkylation sites (N-methyl/N-ethyl adjacent to an activating group) is 1. The fraction of sp³-hybridized carbons (Fsp3) is 0.250. The minimum atomic E-state index is -0.553. The van der Waals surface area contributed by atoms with Crippen molar-refractivity contribution in [2.45, 2.75) is 6.54 Å². The van der Waals surface area contributed by atoms with Crippen LogP contribution in [0.5, 0.6) is 0 Å². The standard InChI is InChI=1S/C16H16ClN5O3/c1-19(10-7-5-4-6-8-10)11(23)9-22-13-12(18-15(22)17)14(24)21(3)16(25)20(13)2/h4-8H,9H2,1-3H3. The lowest BCUT2D eigenvalue weighted by Crippen LogP contribution is -2.38. The third kappa shape index (κ3) is 2.74. The van der Waals surface area contributed by atoms with Gasteiger partial charge < -0.3 is 4.90 Å². The maximum absolute atomic E-state index is 12.6. The molecule has 0 unspecified atom stereocenters. The molecule has 25 heavy (non-hydrogen) atoms. The van der Waals surface area contributed by atoms with E-state index >= 15 is 0 Å². The van der Waals surface area contributed by atoms with Gasteiger partial charge in [0.25, 0.3) is 5.56 Å². The van der Waals surface area contributed by atoms with Crippen LogP contribution in [0.3, 0.4) is 0 Å². The van der Waals surface area contributed by atoms with E-state index in [1.54, 1.807) is 19.2 Å². The number of hydrogen-bond acceptors (Lipinski definition) is 4. The zero-order valence-electron chi connectivity index (χ0n) is 13.9. The monoisotopic (exact) mass is 361 g/mol. The number of rotatable bonds is 3. The first-order valence-corrected chi connectivity index (χ1v) is 7.84. The molecule has 0 fully saturated rings. The summed E-state index contributed by atoms with van der Waals surface area (Å²) in [4.78, 5) is 42.5. The van der Waals surface area contributed by atoms with E-state index in [9.17, 15) is 14.4 Å². The van der Waals surface area contributed by atoms with Gasteiger partial charge >= 0.3 is 5.69 Å². The van der Waals surface area contributed by atoms with Crippen molar-refractivity contribution in [1.82, 2.24) is 18.7 Å². The third-order valence-corrected chi connectivity index (χ3v) is 4.39. The van der Waals surface area contributed by atoms with Crippen molar-refractivity contribution in [1.29, 1.82) is 0 Å². The van der Waals surface area contributed by atoms with Crippen LogP contribution in [-0.4, -0.2) is 31.6 Å². The van der Waals surface area contributed by atoms with Gasteiger partial charge in [-0.25, -0.2) is 9.78 Å². The molecule has 0 aliphatic carbocycles. The first kappa shape index (κ1) is 17.0. The molecule has 0 saturated carbocycles. The molecule has 130 valence electrons. The van der Waals surface area contributed by atoms with Gasteiger partial charge in [0.2, 0.25) is 11.2 Å². The van der Waals surface area contributed by atoms with E-state index in [0.717, 1.165) is 10.3 Å². The van der Waals surface area contributed by atoms with Crippen molar-refractivity contribution < 1.29 is 4.79 Å². The van der Waals surface area contributed by atoms with Crippen LogP contribution >= 0.6 is 11.6 Å². The van der Waals surface area contributed by atoms with Crippen LogP contribution < -0.4 is 16.1 Å². The largest absolute Gasteiger partial charge is 0.332 e. The zero-order chi connectivity index (χ0) is 18.3. The van der Waals surface area contributed by atoms with E-state index in [4.69, 9.17) is 11.6 Å². The summed E-state index contributed by atoms with van der Waals surface area (Å²) in [6.45, 7) is -0.152. The van der Waals surface area contributed by atoms with Crippen LogP contribution in [0.2, 0.25) is 5.28 Å². The number of fused-ring (bicyclic) bond motifs is 1. The van der Waals surface area contributed by atoms with E-state index in [1.165, 1.54) is 28.1 Å². The summed E-state index contributed by atoms with van der Waals surface area (Å²) in [5.41, 5.74) is -0.0858. The fourth-order valence-corrected chi connectivity index (χ4v) is 2.86. The highest BCUT2D eigenvalue weighted by atomic mass is 35.5. The first-order valence-electron chi connectivity index (χ1n) is 7.46. The van der Waals surface area contributed by atoms with E-state index in [0.29, 0.717) is 0 Å². The average Bonchev–Trinajstić information content (AvgIpc) is 2.94. The topological polar surface area (TPSA) is 82.1 Å². The SMILES string of the molecule is CN(C(=O)Cn1c(Cl)nc2c(=O)n(C)c(=O)n(C)c21)c1ccccc1. The van der Waals surface area contributed by atoms with Crippen molar-refractivity contribution in [2.75, 3.05) is 11.9 Å². The molecule has 0 bridgehead atoms. The summed E-state index contributed by atoms with van der Waals surface area (Å²) in [6, 6.07) is 9.11.